The number of benzene rings is 1. The van der Waals surface area contributed by atoms with Gasteiger partial charge in [0.05, 0.1) is 5.69 Å². The maximum atomic E-state index is 11.1. The summed E-state index contributed by atoms with van der Waals surface area (Å²) in [6, 6.07) is 9.82. The van der Waals surface area contributed by atoms with Crippen molar-refractivity contribution >= 4 is 19.6 Å². The Morgan fingerprint density at radius 2 is 2.18 bits per heavy atom. The van der Waals surface area contributed by atoms with Crippen LogP contribution in [-0.2, 0) is 6.42 Å². The lowest BCUT2D eigenvalue weighted by atomic mass is 9.83. The summed E-state index contributed by atoms with van der Waals surface area (Å²) in [6.45, 7) is 2.10. The molecule has 3 heteroatoms. The second-order valence-corrected chi connectivity index (χ2v) is 4.04. The Morgan fingerprint density at radius 1 is 1.35 bits per heavy atom. The highest BCUT2D eigenvalue weighted by Gasteiger charge is 2.07. The Hall–Kier alpha value is -1.90. The number of nitrogens with zero attached hydrogens (tertiary/aromatic N) is 1. The molecule has 1 heterocycles. The zero-order valence-electron chi connectivity index (χ0n) is 10.1. The zero-order valence-corrected chi connectivity index (χ0v) is 10.1. The standard InChI is InChI=1S/C14H14BNO/c1-2-10-7-11(8-12(9-17)14(10)15)13-5-3-4-6-16-13/h3-9H,2,15H2,1H3. The molecule has 1 aromatic carbocycles. The maximum absolute atomic E-state index is 11.1. The van der Waals surface area contributed by atoms with Gasteiger partial charge in [-0.1, -0.05) is 30.1 Å². The van der Waals surface area contributed by atoms with E-state index in [0.717, 1.165) is 35.0 Å². The van der Waals surface area contributed by atoms with E-state index in [0.29, 0.717) is 0 Å². The minimum atomic E-state index is 0.755. The normalized spacial score (nSPS) is 10.2. The molecule has 0 spiro atoms. The third-order valence-corrected chi connectivity index (χ3v) is 3.02. The Morgan fingerprint density at radius 3 is 2.76 bits per heavy atom. The molecule has 17 heavy (non-hydrogen) atoms. The molecular formula is C14H14BNO. The number of carbonyl (C=O) groups excluding carboxylic acids is 1. The van der Waals surface area contributed by atoms with Crippen LogP contribution >= 0.6 is 0 Å². The summed E-state index contributed by atoms with van der Waals surface area (Å²) in [5.41, 5.74) is 4.95. The van der Waals surface area contributed by atoms with Crippen molar-refractivity contribution in [3.8, 4) is 11.3 Å². The number of aromatic nitrogens is 1. The van der Waals surface area contributed by atoms with Crippen LogP contribution in [0.3, 0.4) is 0 Å². The Balaban J connectivity index is 2.60. The number of pyridine rings is 1. The second kappa shape index (κ2) is 4.96. The molecule has 1 aromatic heterocycles. The van der Waals surface area contributed by atoms with E-state index in [1.54, 1.807) is 6.20 Å². The van der Waals surface area contributed by atoms with Crippen molar-refractivity contribution in [1.29, 1.82) is 0 Å². The van der Waals surface area contributed by atoms with Gasteiger partial charge in [-0.3, -0.25) is 9.78 Å². The van der Waals surface area contributed by atoms with Crippen LogP contribution in [0.25, 0.3) is 11.3 Å². The summed E-state index contributed by atoms with van der Waals surface area (Å²) in [4.78, 5) is 15.4. The highest BCUT2D eigenvalue weighted by molar-refractivity contribution is 6.36. The molecule has 2 rings (SSSR count). The minimum Gasteiger partial charge on any atom is -0.298 e. The predicted molar refractivity (Wildman–Crippen MR) is 72.6 cm³/mol. The number of aryl methyl sites for hydroxylation is 1. The average molecular weight is 223 g/mol. The molecule has 84 valence electrons. The predicted octanol–water partition coefficient (Wildman–Crippen LogP) is 1.38. The van der Waals surface area contributed by atoms with Crippen LogP contribution in [0.5, 0.6) is 0 Å². The van der Waals surface area contributed by atoms with Crippen LogP contribution in [0, 0.1) is 0 Å². The van der Waals surface area contributed by atoms with Gasteiger partial charge in [-0.25, -0.2) is 0 Å². The minimum absolute atomic E-state index is 0.755. The first-order valence-corrected chi connectivity index (χ1v) is 5.76. The van der Waals surface area contributed by atoms with E-state index in [1.165, 1.54) is 5.56 Å². The van der Waals surface area contributed by atoms with E-state index in [1.807, 2.05) is 32.1 Å². The molecule has 0 radical (unpaired) electrons. The number of rotatable bonds is 3. The van der Waals surface area contributed by atoms with Gasteiger partial charge in [0.1, 0.15) is 14.1 Å². The highest BCUT2D eigenvalue weighted by Crippen LogP contribution is 2.18. The fraction of sp³-hybridized carbons (Fsp3) is 0.143. The molecule has 0 fully saturated rings. The molecule has 2 nitrogen and oxygen atoms in total. The molecule has 0 bridgehead atoms. The largest absolute Gasteiger partial charge is 0.298 e. The smallest absolute Gasteiger partial charge is 0.149 e. The summed E-state index contributed by atoms with van der Waals surface area (Å²) in [5, 5.41) is 0. The first kappa shape index (κ1) is 11.6. The topological polar surface area (TPSA) is 30.0 Å². The second-order valence-electron chi connectivity index (χ2n) is 4.04. The Bertz CT molecular complexity index is 537. The summed E-state index contributed by atoms with van der Waals surface area (Å²) < 4.78 is 0. The van der Waals surface area contributed by atoms with Crippen LogP contribution < -0.4 is 5.46 Å². The van der Waals surface area contributed by atoms with Crippen LogP contribution in [0.15, 0.2) is 36.5 Å². The first-order chi connectivity index (χ1) is 8.26. The maximum Gasteiger partial charge on any atom is 0.149 e. The number of aldehydes is 1. The lowest BCUT2D eigenvalue weighted by Gasteiger charge is -2.10. The van der Waals surface area contributed by atoms with E-state index in [-0.39, 0.29) is 0 Å². The van der Waals surface area contributed by atoms with Crippen molar-refractivity contribution in [3.05, 3.63) is 47.7 Å². The number of hydrogen-bond acceptors (Lipinski definition) is 2. The van der Waals surface area contributed by atoms with Crippen molar-refractivity contribution < 1.29 is 4.79 Å². The van der Waals surface area contributed by atoms with Gasteiger partial charge in [0.25, 0.3) is 0 Å². The van der Waals surface area contributed by atoms with Crippen molar-refractivity contribution in [2.24, 2.45) is 0 Å². The number of hydrogen-bond donors (Lipinski definition) is 0. The average Bonchev–Trinajstić information content (AvgIpc) is 2.40. The van der Waals surface area contributed by atoms with Crippen LogP contribution in [0.4, 0.5) is 0 Å². The van der Waals surface area contributed by atoms with Crippen LogP contribution in [0.1, 0.15) is 22.8 Å². The summed E-state index contributed by atoms with van der Waals surface area (Å²) in [6.07, 6.45) is 3.61. The van der Waals surface area contributed by atoms with E-state index < -0.39 is 0 Å². The van der Waals surface area contributed by atoms with Gasteiger partial charge < -0.3 is 0 Å². The molecule has 0 N–H and O–H groups in total. The van der Waals surface area contributed by atoms with E-state index in [2.05, 4.69) is 18.0 Å². The monoisotopic (exact) mass is 223 g/mol. The molecule has 0 unspecified atom stereocenters. The molecule has 0 aliphatic heterocycles. The Kier molecular flexibility index (Phi) is 3.38. The molecule has 0 amide bonds. The lowest BCUT2D eigenvalue weighted by molar-refractivity contribution is 0.112. The van der Waals surface area contributed by atoms with Gasteiger partial charge in [0.15, 0.2) is 0 Å². The molecule has 0 atom stereocenters. The lowest BCUT2D eigenvalue weighted by Crippen LogP contribution is -2.16. The number of carbonyl (C=O) groups is 1. The van der Waals surface area contributed by atoms with Gasteiger partial charge >= 0.3 is 0 Å². The van der Waals surface area contributed by atoms with E-state index in [9.17, 15) is 4.79 Å². The first-order valence-electron chi connectivity index (χ1n) is 5.76. The SMILES string of the molecule is Bc1c(C=O)cc(-c2ccccn2)cc1CC. The Labute approximate surface area is 102 Å². The molecule has 2 aromatic rings. The summed E-state index contributed by atoms with van der Waals surface area (Å²) in [5.74, 6) is 0. The van der Waals surface area contributed by atoms with Gasteiger partial charge in [0.2, 0.25) is 0 Å². The molecule has 0 saturated carbocycles. The third-order valence-electron chi connectivity index (χ3n) is 3.02. The third kappa shape index (κ3) is 2.28. The van der Waals surface area contributed by atoms with Gasteiger partial charge in [0, 0.05) is 17.3 Å². The van der Waals surface area contributed by atoms with Crippen LogP contribution in [0.2, 0.25) is 0 Å². The summed E-state index contributed by atoms with van der Waals surface area (Å²) in [7, 11) is 1.99. The van der Waals surface area contributed by atoms with Crippen molar-refractivity contribution in [1.82, 2.24) is 4.98 Å². The quantitative estimate of drug-likeness (QED) is 0.581. The fourth-order valence-corrected chi connectivity index (χ4v) is 1.97. The molecule has 0 aliphatic carbocycles. The highest BCUT2D eigenvalue weighted by atomic mass is 16.1. The van der Waals surface area contributed by atoms with Gasteiger partial charge in [-0.15, -0.1) is 0 Å². The van der Waals surface area contributed by atoms with Crippen LogP contribution in [-0.4, -0.2) is 19.1 Å². The molecule has 0 aliphatic rings. The van der Waals surface area contributed by atoms with Gasteiger partial charge in [-0.05, 0) is 24.6 Å². The molecular weight excluding hydrogens is 209 g/mol. The molecule has 0 saturated heterocycles. The van der Waals surface area contributed by atoms with Crippen molar-refractivity contribution in [2.75, 3.05) is 0 Å². The van der Waals surface area contributed by atoms with E-state index in [4.69, 9.17) is 0 Å². The van der Waals surface area contributed by atoms with Gasteiger partial charge in [-0.2, -0.15) is 0 Å². The van der Waals surface area contributed by atoms with E-state index >= 15 is 0 Å². The summed E-state index contributed by atoms with van der Waals surface area (Å²) >= 11 is 0. The van der Waals surface area contributed by atoms with Crippen molar-refractivity contribution in [2.45, 2.75) is 13.3 Å². The zero-order chi connectivity index (χ0) is 12.3. The fourth-order valence-electron chi connectivity index (χ4n) is 1.97. The van der Waals surface area contributed by atoms with Crippen molar-refractivity contribution in [3.63, 3.8) is 0 Å².